The van der Waals surface area contributed by atoms with Gasteiger partial charge in [-0.3, -0.25) is 4.99 Å². The van der Waals surface area contributed by atoms with Crippen molar-refractivity contribution in [3.05, 3.63) is 0 Å². The summed E-state index contributed by atoms with van der Waals surface area (Å²) in [5.41, 5.74) is -0.466. The largest absolute Gasteiger partial charge is 0.444 e. The summed E-state index contributed by atoms with van der Waals surface area (Å²) in [6.45, 7) is 15.9. The monoisotopic (exact) mass is 442 g/mol. The van der Waals surface area contributed by atoms with E-state index in [9.17, 15) is 4.79 Å². The van der Waals surface area contributed by atoms with Crippen LogP contribution in [0.15, 0.2) is 4.99 Å². The minimum Gasteiger partial charge on any atom is -0.444 e. The van der Waals surface area contributed by atoms with Crippen LogP contribution in [0.4, 0.5) is 4.79 Å². The van der Waals surface area contributed by atoms with E-state index in [1.807, 2.05) is 27.7 Å². The normalized spacial score (nSPS) is 13.2. The first-order valence-corrected chi connectivity index (χ1v) is 8.04. The van der Waals surface area contributed by atoms with E-state index < -0.39 is 5.60 Å². The number of amides is 1. The molecule has 0 aliphatic heterocycles. The standard InChI is InChI=1S/C16H34N4O2.HI/c1-9-17-14(19-12(2)3)18-10-13(4)11-20(8)15(21)22-16(5,6)7;/h12-13H,9-11H2,1-8H3,(H2,17,18,19);1H. The molecule has 0 fully saturated rings. The number of nitrogens with zero attached hydrogens (tertiary/aromatic N) is 2. The van der Waals surface area contributed by atoms with Gasteiger partial charge in [0.05, 0.1) is 0 Å². The number of hydrogen-bond donors (Lipinski definition) is 2. The SMILES string of the molecule is CCNC(=NCC(C)CN(C)C(=O)OC(C)(C)C)NC(C)C.I. The maximum absolute atomic E-state index is 11.9. The first kappa shape index (κ1) is 24.5. The van der Waals surface area contributed by atoms with E-state index >= 15 is 0 Å². The molecule has 23 heavy (non-hydrogen) atoms. The third kappa shape index (κ3) is 13.4. The zero-order valence-corrected chi connectivity index (χ0v) is 18.2. The highest BCUT2D eigenvalue weighted by atomic mass is 127. The van der Waals surface area contributed by atoms with Crippen LogP contribution in [0.3, 0.4) is 0 Å². The number of carbonyl (C=O) groups excluding carboxylic acids is 1. The van der Waals surface area contributed by atoms with Crippen LogP contribution >= 0.6 is 24.0 Å². The number of rotatable bonds is 6. The van der Waals surface area contributed by atoms with Gasteiger partial charge in [-0.25, -0.2) is 4.79 Å². The molecule has 0 spiro atoms. The Hall–Kier alpha value is -0.730. The lowest BCUT2D eigenvalue weighted by Crippen LogP contribution is -2.41. The molecule has 7 heteroatoms. The minimum absolute atomic E-state index is 0. The molecule has 0 bridgehead atoms. The second-order valence-corrected chi connectivity index (χ2v) is 6.98. The van der Waals surface area contributed by atoms with Crippen LogP contribution in [-0.4, -0.2) is 55.3 Å². The Morgan fingerprint density at radius 1 is 1.26 bits per heavy atom. The summed E-state index contributed by atoms with van der Waals surface area (Å²) < 4.78 is 5.34. The van der Waals surface area contributed by atoms with E-state index in [-0.39, 0.29) is 36.0 Å². The zero-order chi connectivity index (χ0) is 17.3. The molecule has 0 aliphatic carbocycles. The van der Waals surface area contributed by atoms with Gasteiger partial charge in [-0.2, -0.15) is 0 Å². The van der Waals surface area contributed by atoms with Crippen LogP contribution < -0.4 is 10.6 Å². The van der Waals surface area contributed by atoms with E-state index in [0.717, 1.165) is 12.5 Å². The summed E-state index contributed by atoms with van der Waals surface area (Å²) in [7, 11) is 1.76. The molecule has 0 aromatic carbocycles. The average Bonchev–Trinajstić information content (AvgIpc) is 2.33. The second-order valence-electron chi connectivity index (χ2n) is 6.98. The van der Waals surface area contributed by atoms with Gasteiger partial charge in [0, 0.05) is 32.7 Å². The number of guanidine groups is 1. The summed E-state index contributed by atoms with van der Waals surface area (Å²) in [6.07, 6.45) is -0.296. The molecule has 0 radical (unpaired) electrons. The number of ether oxygens (including phenoxy) is 1. The van der Waals surface area contributed by atoms with Crippen molar-refractivity contribution in [3.63, 3.8) is 0 Å². The Bertz CT molecular complexity index is 368. The Kier molecular flexibility index (Phi) is 12.5. The smallest absolute Gasteiger partial charge is 0.410 e. The molecular weight excluding hydrogens is 407 g/mol. The molecule has 0 aliphatic rings. The Labute approximate surface area is 158 Å². The lowest BCUT2D eigenvalue weighted by atomic mass is 10.2. The Balaban J connectivity index is 0. The Morgan fingerprint density at radius 2 is 1.83 bits per heavy atom. The van der Waals surface area contributed by atoms with Crippen molar-refractivity contribution in [1.82, 2.24) is 15.5 Å². The summed E-state index contributed by atoms with van der Waals surface area (Å²) in [6, 6.07) is 0.331. The molecule has 0 rings (SSSR count). The van der Waals surface area contributed by atoms with E-state index in [2.05, 4.69) is 36.4 Å². The fourth-order valence-electron chi connectivity index (χ4n) is 1.78. The topological polar surface area (TPSA) is 66.0 Å². The van der Waals surface area contributed by atoms with Crippen LogP contribution in [0, 0.1) is 5.92 Å². The summed E-state index contributed by atoms with van der Waals surface area (Å²) >= 11 is 0. The van der Waals surface area contributed by atoms with Crippen molar-refractivity contribution in [2.45, 2.75) is 60.1 Å². The van der Waals surface area contributed by atoms with Gasteiger partial charge in [-0.15, -0.1) is 24.0 Å². The maximum Gasteiger partial charge on any atom is 0.410 e. The first-order valence-electron chi connectivity index (χ1n) is 8.04. The molecule has 0 aromatic heterocycles. The Morgan fingerprint density at radius 3 is 2.26 bits per heavy atom. The van der Waals surface area contributed by atoms with Crippen molar-refractivity contribution in [3.8, 4) is 0 Å². The average molecular weight is 442 g/mol. The summed E-state index contributed by atoms with van der Waals surface area (Å²) in [5, 5.41) is 6.49. The third-order valence-electron chi connectivity index (χ3n) is 2.62. The van der Waals surface area contributed by atoms with Crippen LogP contribution in [-0.2, 0) is 4.74 Å². The molecule has 1 atom stereocenters. The quantitative estimate of drug-likeness (QED) is 0.377. The van der Waals surface area contributed by atoms with Gasteiger partial charge in [0.2, 0.25) is 0 Å². The highest BCUT2D eigenvalue weighted by molar-refractivity contribution is 14.0. The molecule has 0 saturated heterocycles. The molecule has 0 heterocycles. The predicted octanol–water partition coefficient (Wildman–Crippen LogP) is 3.07. The van der Waals surface area contributed by atoms with E-state index in [4.69, 9.17) is 4.74 Å². The lowest BCUT2D eigenvalue weighted by molar-refractivity contribution is 0.0279. The van der Waals surface area contributed by atoms with Crippen LogP contribution in [0.25, 0.3) is 0 Å². The van der Waals surface area contributed by atoms with Gasteiger partial charge in [0.1, 0.15) is 5.60 Å². The number of halogens is 1. The fourth-order valence-corrected chi connectivity index (χ4v) is 1.78. The van der Waals surface area contributed by atoms with Crippen molar-refractivity contribution in [1.29, 1.82) is 0 Å². The maximum atomic E-state index is 11.9. The van der Waals surface area contributed by atoms with Crippen LogP contribution in [0.5, 0.6) is 0 Å². The van der Waals surface area contributed by atoms with Crippen molar-refractivity contribution >= 4 is 36.0 Å². The predicted molar refractivity (Wildman–Crippen MR) is 108 cm³/mol. The van der Waals surface area contributed by atoms with Gasteiger partial charge in [0.15, 0.2) is 5.96 Å². The fraction of sp³-hybridized carbons (Fsp3) is 0.875. The molecule has 6 nitrogen and oxygen atoms in total. The summed E-state index contributed by atoms with van der Waals surface area (Å²) in [4.78, 5) is 18.1. The van der Waals surface area contributed by atoms with Gasteiger partial charge in [-0.05, 0) is 47.5 Å². The highest BCUT2D eigenvalue weighted by Gasteiger charge is 2.20. The van der Waals surface area contributed by atoms with Gasteiger partial charge < -0.3 is 20.3 Å². The van der Waals surface area contributed by atoms with Gasteiger partial charge in [-0.1, -0.05) is 6.92 Å². The number of nitrogens with one attached hydrogen (secondary N) is 2. The van der Waals surface area contributed by atoms with E-state index in [0.29, 0.717) is 19.1 Å². The zero-order valence-electron chi connectivity index (χ0n) is 15.9. The first-order chi connectivity index (χ1) is 10.0. The van der Waals surface area contributed by atoms with Crippen LogP contribution in [0.1, 0.15) is 48.5 Å². The molecule has 1 unspecified atom stereocenters. The highest BCUT2D eigenvalue weighted by Crippen LogP contribution is 2.10. The van der Waals surface area contributed by atoms with E-state index in [1.165, 1.54) is 0 Å². The van der Waals surface area contributed by atoms with Gasteiger partial charge >= 0.3 is 6.09 Å². The van der Waals surface area contributed by atoms with Crippen LogP contribution in [0.2, 0.25) is 0 Å². The second kappa shape index (κ2) is 11.8. The minimum atomic E-state index is -0.466. The number of hydrogen-bond acceptors (Lipinski definition) is 3. The van der Waals surface area contributed by atoms with E-state index in [1.54, 1.807) is 11.9 Å². The number of carbonyl (C=O) groups is 1. The van der Waals surface area contributed by atoms with Crippen molar-refractivity contribution < 1.29 is 9.53 Å². The van der Waals surface area contributed by atoms with Crippen molar-refractivity contribution in [2.75, 3.05) is 26.7 Å². The third-order valence-corrected chi connectivity index (χ3v) is 2.62. The van der Waals surface area contributed by atoms with Gasteiger partial charge in [0.25, 0.3) is 0 Å². The molecule has 0 aromatic rings. The molecule has 0 saturated carbocycles. The molecule has 138 valence electrons. The van der Waals surface area contributed by atoms with Crippen molar-refractivity contribution in [2.24, 2.45) is 10.9 Å². The molecular formula is C16H35IN4O2. The molecule has 2 N–H and O–H groups in total. The number of aliphatic imine (C=N–C) groups is 1. The lowest BCUT2D eigenvalue weighted by Gasteiger charge is -2.26. The summed E-state index contributed by atoms with van der Waals surface area (Å²) in [5.74, 6) is 1.06. The molecule has 1 amide bonds.